The van der Waals surface area contributed by atoms with Gasteiger partial charge in [0.25, 0.3) is 0 Å². The van der Waals surface area contributed by atoms with E-state index in [1.165, 1.54) is 11.3 Å². The summed E-state index contributed by atoms with van der Waals surface area (Å²) in [4.78, 5) is 0. The molecule has 0 aromatic carbocycles. The lowest BCUT2D eigenvalue weighted by atomic mass is 10.0. The fourth-order valence-corrected chi connectivity index (χ4v) is 1.41. The number of aryl methyl sites for hydroxylation is 2. The van der Waals surface area contributed by atoms with Crippen LogP contribution in [0.2, 0.25) is 0 Å². The van der Waals surface area contributed by atoms with Crippen LogP contribution in [0, 0.1) is 13.8 Å². The monoisotopic (exact) mass is 138 g/mol. The highest BCUT2D eigenvalue weighted by molar-refractivity contribution is 5.26. The predicted octanol–water partition coefficient (Wildman–Crippen LogP) is 2.15. The fourth-order valence-electron chi connectivity index (χ4n) is 1.41. The number of nitrogens with one attached hydrogen (secondary N) is 1. The van der Waals surface area contributed by atoms with Crippen molar-refractivity contribution in [3.05, 3.63) is 17.0 Å². The minimum atomic E-state index is 0.582. The van der Waals surface area contributed by atoms with Crippen LogP contribution in [0.4, 0.5) is 0 Å². The summed E-state index contributed by atoms with van der Waals surface area (Å²) in [6, 6.07) is 0. The van der Waals surface area contributed by atoms with Gasteiger partial charge in [-0.25, -0.2) is 0 Å². The molecule has 1 N–H and O–H groups in total. The van der Waals surface area contributed by atoms with Gasteiger partial charge in [-0.2, -0.15) is 5.10 Å². The van der Waals surface area contributed by atoms with E-state index in [0.717, 1.165) is 5.69 Å². The van der Waals surface area contributed by atoms with E-state index in [1.807, 2.05) is 6.92 Å². The van der Waals surface area contributed by atoms with E-state index in [2.05, 4.69) is 31.0 Å². The van der Waals surface area contributed by atoms with Gasteiger partial charge in [0, 0.05) is 5.69 Å². The third-order valence-electron chi connectivity index (χ3n) is 1.76. The molecule has 0 aliphatic carbocycles. The number of aromatic amines is 1. The molecule has 0 amide bonds. The van der Waals surface area contributed by atoms with Gasteiger partial charge in [-0.05, 0) is 25.3 Å². The summed E-state index contributed by atoms with van der Waals surface area (Å²) in [5, 5.41) is 7.08. The SMILES string of the molecule is Cc1n[nH]c(C)c1C(C)C. The molecule has 10 heavy (non-hydrogen) atoms. The second-order valence-electron chi connectivity index (χ2n) is 3.00. The van der Waals surface area contributed by atoms with Crippen molar-refractivity contribution in [1.82, 2.24) is 10.2 Å². The van der Waals surface area contributed by atoms with Crippen LogP contribution in [-0.4, -0.2) is 10.2 Å². The first-order valence-electron chi connectivity index (χ1n) is 3.64. The molecule has 0 unspecified atom stereocenters. The van der Waals surface area contributed by atoms with Crippen LogP contribution in [0.25, 0.3) is 0 Å². The van der Waals surface area contributed by atoms with E-state index >= 15 is 0 Å². The summed E-state index contributed by atoms with van der Waals surface area (Å²) in [7, 11) is 0. The zero-order valence-electron chi connectivity index (χ0n) is 7.02. The molecule has 2 nitrogen and oxygen atoms in total. The standard InChI is InChI=1S/C8H14N2/c1-5(2)8-6(3)9-10-7(8)4/h5H,1-4H3,(H,9,10). The van der Waals surface area contributed by atoms with Crippen molar-refractivity contribution in [2.45, 2.75) is 33.6 Å². The van der Waals surface area contributed by atoms with Crippen molar-refractivity contribution in [2.24, 2.45) is 0 Å². The van der Waals surface area contributed by atoms with Crippen LogP contribution in [-0.2, 0) is 0 Å². The highest BCUT2D eigenvalue weighted by Gasteiger charge is 2.08. The number of nitrogens with zero attached hydrogens (tertiary/aromatic N) is 1. The maximum absolute atomic E-state index is 4.11. The fraction of sp³-hybridized carbons (Fsp3) is 0.625. The van der Waals surface area contributed by atoms with Gasteiger partial charge in [0.05, 0.1) is 5.69 Å². The number of aromatic nitrogens is 2. The van der Waals surface area contributed by atoms with Crippen molar-refractivity contribution in [1.29, 1.82) is 0 Å². The van der Waals surface area contributed by atoms with Gasteiger partial charge >= 0.3 is 0 Å². The second kappa shape index (κ2) is 2.45. The highest BCUT2D eigenvalue weighted by Crippen LogP contribution is 2.19. The number of hydrogen-bond acceptors (Lipinski definition) is 1. The molecule has 0 radical (unpaired) electrons. The van der Waals surface area contributed by atoms with Gasteiger partial charge in [-0.1, -0.05) is 13.8 Å². The molecule has 0 aliphatic heterocycles. The van der Waals surface area contributed by atoms with Gasteiger partial charge in [0.1, 0.15) is 0 Å². The van der Waals surface area contributed by atoms with Crippen molar-refractivity contribution >= 4 is 0 Å². The molecular weight excluding hydrogens is 124 g/mol. The van der Waals surface area contributed by atoms with Gasteiger partial charge in [0.2, 0.25) is 0 Å². The largest absolute Gasteiger partial charge is 0.282 e. The Morgan fingerprint density at radius 1 is 1.30 bits per heavy atom. The Labute approximate surface area is 61.7 Å². The zero-order valence-corrected chi connectivity index (χ0v) is 7.02. The van der Waals surface area contributed by atoms with Crippen molar-refractivity contribution in [2.75, 3.05) is 0 Å². The maximum Gasteiger partial charge on any atom is 0.0628 e. The molecule has 56 valence electrons. The Morgan fingerprint density at radius 3 is 2.10 bits per heavy atom. The van der Waals surface area contributed by atoms with Crippen LogP contribution >= 0.6 is 0 Å². The molecule has 1 heterocycles. The number of hydrogen-bond donors (Lipinski definition) is 1. The van der Waals surface area contributed by atoms with E-state index in [4.69, 9.17) is 0 Å². The minimum Gasteiger partial charge on any atom is -0.282 e. The normalized spacial score (nSPS) is 10.9. The summed E-state index contributed by atoms with van der Waals surface area (Å²) < 4.78 is 0. The van der Waals surface area contributed by atoms with Crippen LogP contribution in [0.1, 0.15) is 36.7 Å². The highest BCUT2D eigenvalue weighted by atomic mass is 15.1. The first kappa shape index (κ1) is 7.32. The first-order valence-corrected chi connectivity index (χ1v) is 3.64. The molecule has 0 bridgehead atoms. The molecule has 0 aliphatic rings. The molecule has 0 atom stereocenters. The van der Waals surface area contributed by atoms with Crippen LogP contribution in [0.5, 0.6) is 0 Å². The average Bonchev–Trinajstić information content (AvgIpc) is 2.11. The lowest BCUT2D eigenvalue weighted by molar-refractivity contribution is 0.848. The van der Waals surface area contributed by atoms with Crippen molar-refractivity contribution in [3.8, 4) is 0 Å². The smallest absolute Gasteiger partial charge is 0.0628 e. The van der Waals surface area contributed by atoms with Gasteiger partial charge in [-0.15, -0.1) is 0 Å². The topological polar surface area (TPSA) is 28.7 Å². The molecule has 1 aromatic heterocycles. The van der Waals surface area contributed by atoms with E-state index in [0.29, 0.717) is 5.92 Å². The Balaban J connectivity index is 3.10. The van der Waals surface area contributed by atoms with Gasteiger partial charge in [-0.3, -0.25) is 5.10 Å². The molecule has 1 aromatic rings. The van der Waals surface area contributed by atoms with Gasteiger partial charge in [0.15, 0.2) is 0 Å². The first-order chi connectivity index (χ1) is 4.63. The van der Waals surface area contributed by atoms with E-state index < -0.39 is 0 Å². The van der Waals surface area contributed by atoms with Crippen molar-refractivity contribution < 1.29 is 0 Å². The zero-order chi connectivity index (χ0) is 7.72. The molecular formula is C8H14N2. The van der Waals surface area contributed by atoms with Crippen LogP contribution in [0.15, 0.2) is 0 Å². The quantitative estimate of drug-likeness (QED) is 0.633. The van der Waals surface area contributed by atoms with E-state index in [-0.39, 0.29) is 0 Å². The summed E-state index contributed by atoms with van der Waals surface area (Å²) in [5.41, 5.74) is 3.69. The minimum absolute atomic E-state index is 0.582. The molecule has 0 spiro atoms. The molecule has 0 saturated carbocycles. The predicted molar refractivity (Wildman–Crippen MR) is 42.2 cm³/mol. The van der Waals surface area contributed by atoms with Crippen molar-refractivity contribution in [3.63, 3.8) is 0 Å². The molecule has 0 saturated heterocycles. The number of rotatable bonds is 1. The van der Waals surface area contributed by atoms with E-state index in [9.17, 15) is 0 Å². The van der Waals surface area contributed by atoms with Crippen LogP contribution < -0.4 is 0 Å². The second-order valence-corrected chi connectivity index (χ2v) is 3.00. The lowest BCUT2D eigenvalue weighted by Crippen LogP contribution is -1.90. The Kier molecular flexibility index (Phi) is 1.79. The Bertz CT molecular complexity index is 204. The summed E-state index contributed by atoms with van der Waals surface area (Å²) >= 11 is 0. The van der Waals surface area contributed by atoms with Crippen LogP contribution in [0.3, 0.4) is 0 Å². The maximum atomic E-state index is 4.11. The molecule has 1 rings (SSSR count). The van der Waals surface area contributed by atoms with Gasteiger partial charge < -0.3 is 0 Å². The molecule has 0 fully saturated rings. The summed E-state index contributed by atoms with van der Waals surface area (Å²) in [6.45, 7) is 8.48. The summed E-state index contributed by atoms with van der Waals surface area (Å²) in [5.74, 6) is 0.582. The Morgan fingerprint density at radius 2 is 1.90 bits per heavy atom. The lowest BCUT2D eigenvalue weighted by Gasteiger charge is -2.02. The average molecular weight is 138 g/mol. The third kappa shape index (κ3) is 1.06. The Hall–Kier alpha value is -0.790. The van der Waals surface area contributed by atoms with E-state index in [1.54, 1.807) is 0 Å². The summed E-state index contributed by atoms with van der Waals surface area (Å²) in [6.07, 6.45) is 0. The molecule has 2 heteroatoms. The third-order valence-corrected chi connectivity index (χ3v) is 1.76. The number of H-pyrrole nitrogens is 1.